The van der Waals surface area contributed by atoms with Crippen LogP contribution in [0.4, 0.5) is 5.69 Å². The molecule has 0 radical (unpaired) electrons. The van der Waals surface area contributed by atoms with E-state index < -0.39 is 0 Å². The number of thioether (sulfide) groups is 1. The Bertz CT molecular complexity index is 326. The summed E-state index contributed by atoms with van der Waals surface area (Å²) in [6, 6.07) is 7.56. The summed E-state index contributed by atoms with van der Waals surface area (Å²) in [5.74, 6) is 5.50. The van der Waals surface area contributed by atoms with Crippen LogP contribution < -0.4 is 17.0 Å². The Morgan fingerprint density at radius 2 is 2.07 bits per heavy atom. The van der Waals surface area contributed by atoms with Crippen molar-refractivity contribution in [3.8, 4) is 0 Å². The van der Waals surface area contributed by atoms with E-state index in [-0.39, 0.29) is 11.8 Å². The minimum Gasteiger partial charge on any atom is -0.399 e. The first-order valence-electron chi connectivity index (χ1n) is 4.62. The van der Waals surface area contributed by atoms with Crippen LogP contribution in [0.1, 0.15) is 6.92 Å². The van der Waals surface area contributed by atoms with E-state index >= 15 is 0 Å². The van der Waals surface area contributed by atoms with E-state index in [1.807, 2.05) is 31.2 Å². The van der Waals surface area contributed by atoms with E-state index in [0.29, 0.717) is 5.75 Å². The fourth-order valence-electron chi connectivity index (χ4n) is 1.00. The van der Waals surface area contributed by atoms with E-state index in [0.717, 1.165) is 10.6 Å². The van der Waals surface area contributed by atoms with Crippen molar-refractivity contribution in [2.45, 2.75) is 11.8 Å². The summed E-state index contributed by atoms with van der Waals surface area (Å²) in [5, 5.41) is 0. The van der Waals surface area contributed by atoms with Crippen molar-refractivity contribution in [2.24, 2.45) is 11.8 Å². The van der Waals surface area contributed by atoms with E-state index in [4.69, 9.17) is 11.6 Å². The third-order valence-electron chi connectivity index (χ3n) is 1.97. The molecule has 5 heteroatoms. The zero-order chi connectivity index (χ0) is 11.3. The smallest absolute Gasteiger partial charge is 0.237 e. The Hall–Kier alpha value is -1.20. The number of nitrogens with two attached hydrogens (primary N) is 2. The second-order valence-electron chi connectivity index (χ2n) is 3.29. The number of benzene rings is 1. The lowest BCUT2D eigenvalue weighted by Gasteiger charge is -2.08. The van der Waals surface area contributed by atoms with Gasteiger partial charge in [0, 0.05) is 22.3 Å². The molecule has 1 amide bonds. The van der Waals surface area contributed by atoms with E-state index in [1.54, 1.807) is 11.8 Å². The summed E-state index contributed by atoms with van der Waals surface area (Å²) >= 11 is 1.61. The summed E-state index contributed by atoms with van der Waals surface area (Å²) in [6.45, 7) is 1.84. The maximum Gasteiger partial charge on any atom is 0.237 e. The molecule has 1 aromatic carbocycles. The molecule has 5 N–H and O–H groups in total. The van der Waals surface area contributed by atoms with E-state index in [1.165, 1.54) is 0 Å². The van der Waals surface area contributed by atoms with Gasteiger partial charge in [-0.05, 0) is 24.3 Å². The van der Waals surface area contributed by atoms with Gasteiger partial charge in [0.2, 0.25) is 5.91 Å². The van der Waals surface area contributed by atoms with Crippen LogP contribution >= 0.6 is 11.8 Å². The number of rotatable bonds is 4. The molecule has 4 nitrogen and oxygen atoms in total. The Balaban J connectivity index is 2.43. The van der Waals surface area contributed by atoms with Gasteiger partial charge in [0.25, 0.3) is 0 Å². The van der Waals surface area contributed by atoms with Crippen LogP contribution in [0.15, 0.2) is 29.2 Å². The van der Waals surface area contributed by atoms with Crippen molar-refractivity contribution in [3.05, 3.63) is 24.3 Å². The first-order valence-corrected chi connectivity index (χ1v) is 5.61. The summed E-state index contributed by atoms with van der Waals surface area (Å²) in [4.78, 5) is 12.2. The highest BCUT2D eigenvalue weighted by Crippen LogP contribution is 2.21. The predicted molar refractivity (Wildman–Crippen MR) is 63.1 cm³/mol. The lowest BCUT2D eigenvalue weighted by molar-refractivity contribution is -0.123. The van der Waals surface area contributed by atoms with Crippen molar-refractivity contribution in [2.75, 3.05) is 11.5 Å². The van der Waals surface area contributed by atoms with Gasteiger partial charge in [-0.25, -0.2) is 5.84 Å². The zero-order valence-electron chi connectivity index (χ0n) is 8.57. The summed E-state index contributed by atoms with van der Waals surface area (Å²) < 4.78 is 0. The largest absolute Gasteiger partial charge is 0.399 e. The van der Waals surface area contributed by atoms with Gasteiger partial charge < -0.3 is 5.73 Å². The molecule has 15 heavy (non-hydrogen) atoms. The first kappa shape index (κ1) is 11.9. The van der Waals surface area contributed by atoms with Crippen molar-refractivity contribution in [3.63, 3.8) is 0 Å². The third kappa shape index (κ3) is 3.81. The van der Waals surface area contributed by atoms with Crippen LogP contribution in [0.25, 0.3) is 0 Å². The van der Waals surface area contributed by atoms with Crippen molar-refractivity contribution in [1.82, 2.24) is 5.43 Å². The van der Waals surface area contributed by atoms with Gasteiger partial charge in [-0.1, -0.05) is 6.92 Å². The second-order valence-corrected chi connectivity index (χ2v) is 4.38. The fraction of sp³-hybridized carbons (Fsp3) is 0.300. The predicted octanol–water partition coefficient (Wildman–Crippen LogP) is 0.987. The molecule has 0 spiro atoms. The lowest BCUT2D eigenvalue weighted by Crippen LogP contribution is -2.35. The van der Waals surface area contributed by atoms with E-state index in [2.05, 4.69) is 5.43 Å². The number of anilines is 1. The highest BCUT2D eigenvalue weighted by molar-refractivity contribution is 7.99. The number of amides is 1. The molecule has 82 valence electrons. The molecule has 1 aromatic rings. The second kappa shape index (κ2) is 5.63. The molecule has 0 saturated heterocycles. The quantitative estimate of drug-likeness (QED) is 0.235. The molecule has 0 saturated carbocycles. The van der Waals surface area contributed by atoms with Crippen molar-refractivity contribution >= 4 is 23.4 Å². The van der Waals surface area contributed by atoms with Gasteiger partial charge in [-0.15, -0.1) is 11.8 Å². The number of hydrogen-bond acceptors (Lipinski definition) is 4. The highest BCUT2D eigenvalue weighted by atomic mass is 32.2. The Morgan fingerprint density at radius 3 is 2.60 bits per heavy atom. The molecule has 0 bridgehead atoms. The van der Waals surface area contributed by atoms with Gasteiger partial charge >= 0.3 is 0 Å². The number of nitrogens with one attached hydrogen (secondary N) is 1. The standard InChI is InChI=1S/C10H15N3OS/c1-7(10(14)13-12)6-15-9-4-2-8(11)3-5-9/h2-5,7H,6,11-12H2,1H3,(H,13,14). The van der Waals surface area contributed by atoms with Crippen LogP contribution in [0.2, 0.25) is 0 Å². The molecule has 0 aliphatic carbocycles. The fourth-order valence-corrected chi connectivity index (χ4v) is 1.93. The van der Waals surface area contributed by atoms with E-state index in [9.17, 15) is 4.79 Å². The Morgan fingerprint density at radius 1 is 1.47 bits per heavy atom. The summed E-state index contributed by atoms with van der Waals surface area (Å²) in [6.07, 6.45) is 0. The lowest BCUT2D eigenvalue weighted by atomic mass is 10.2. The molecular formula is C10H15N3OS. The maximum absolute atomic E-state index is 11.1. The first-order chi connectivity index (χ1) is 7.13. The Kier molecular flexibility index (Phi) is 4.45. The topological polar surface area (TPSA) is 81.1 Å². The van der Waals surface area contributed by atoms with Gasteiger partial charge in [0.15, 0.2) is 0 Å². The molecule has 0 aliphatic heterocycles. The number of hydrogen-bond donors (Lipinski definition) is 3. The van der Waals surface area contributed by atoms with Crippen molar-refractivity contribution < 1.29 is 4.79 Å². The highest BCUT2D eigenvalue weighted by Gasteiger charge is 2.11. The average Bonchev–Trinajstić information content (AvgIpc) is 2.26. The monoisotopic (exact) mass is 225 g/mol. The normalized spacial score (nSPS) is 12.1. The van der Waals surface area contributed by atoms with Crippen LogP contribution in [0.3, 0.4) is 0 Å². The number of carbonyl (C=O) groups excluding carboxylic acids is 1. The maximum atomic E-state index is 11.1. The minimum atomic E-state index is -0.141. The van der Waals surface area contributed by atoms with Gasteiger partial charge in [-0.2, -0.15) is 0 Å². The molecule has 1 unspecified atom stereocenters. The summed E-state index contributed by atoms with van der Waals surface area (Å²) in [5.41, 5.74) is 8.44. The zero-order valence-corrected chi connectivity index (χ0v) is 9.38. The van der Waals surface area contributed by atoms with Gasteiger partial charge in [0.05, 0.1) is 0 Å². The number of nitrogen functional groups attached to an aromatic ring is 1. The van der Waals surface area contributed by atoms with Gasteiger partial charge in [-0.3, -0.25) is 10.2 Å². The van der Waals surface area contributed by atoms with Crippen LogP contribution in [0.5, 0.6) is 0 Å². The van der Waals surface area contributed by atoms with Crippen molar-refractivity contribution in [1.29, 1.82) is 0 Å². The SMILES string of the molecule is CC(CSc1ccc(N)cc1)C(=O)NN. The van der Waals surface area contributed by atoms with Crippen LogP contribution in [-0.4, -0.2) is 11.7 Å². The molecule has 0 fully saturated rings. The van der Waals surface area contributed by atoms with Crippen LogP contribution in [-0.2, 0) is 4.79 Å². The molecule has 0 aromatic heterocycles. The Labute approximate surface area is 93.4 Å². The molecule has 0 heterocycles. The molecule has 1 atom stereocenters. The number of carbonyl (C=O) groups is 1. The van der Waals surface area contributed by atoms with Crippen LogP contribution in [0, 0.1) is 5.92 Å². The summed E-state index contributed by atoms with van der Waals surface area (Å²) in [7, 11) is 0. The molecule has 1 rings (SSSR count). The molecule has 0 aliphatic rings. The minimum absolute atomic E-state index is 0.0995. The average molecular weight is 225 g/mol. The third-order valence-corrected chi connectivity index (χ3v) is 3.24. The number of hydrazine groups is 1. The molecular weight excluding hydrogens is 210 g/mol. The van der Waals surface area contributed by atoms with Gasteiger partial charge in [0.1, 0.15) is 0 Å².